The summed E-state index contributed by atoms with van der Waals surface area (Å²) in [5, 5.41) is 11.3. The summed E-state index contributed by atoms with van der Waals surface area (Å²) in [6.45, 7) is 1.31. The molecule has 0 atom stereocenters. The molecule has 7 nitrogen and oxygen atoms in total. The zero-order valence-electron chi connectivity index (χ0n) is 11.6. The second-order valence-corrected chi connectivity index (χ2v) is 6.68. The van der Waals surface area contributed by atoms with Crippen molar-refractivity contribution in [1.29, 1.82) is 0 Å². The van der Waals surface area contributed by atoms with Crippen LogP contribution in [0.3, 0.4) is 0 Å². The van der Waals surface area contributed by atoms with Gasteiger partial charge in [0.05, 0.1) is 21.2 Å². The van der Waals surface area contributed by atoms with Crippen LogP contribution >= 0.6 is 34.5 Å². The molecule has 118 valence electrons. The number of hydrogen-bond acceptors (Lipinski definition) is 6. The molecule has 3 amide bonds. The first-order valence-electron chi connectivity index (χ1n) is 6.32. The number of aryl methyl sites for hydroxylation is 1. The van der Waals surface area contributed by atoms with Crippen LogP contribution in [0.1, 0.15) is 25.7 Å². The van der Waals surface area contributed by atoms with Crippen molar-refractivity contribution < 1.29 is 14.4 Å². The van der Waals surface area contributed by atoms with Crippen LogP contribution in [0.15, 0.2) is 12.1 Å². The quantitative estimate of drug-likeness (QED) is 0.837. The van der Waals surface area contributed by atoms with Crippen molar-refractivity contribution in [2.24, 2.45) is 0 Å². The third kappa shape index (κ3) is 2.92. The molecular formula is C13H8Cl2N4O3S. The van der Waals surface area contributed by atoms with Gasteiger partial charge < -0.3 is 0 Å². The third-order valence-electron chi connectivity index (χ3n) is 3.09. The van der Waals surface area contributed by atoms with Crippen molar-refractivity contribution >= 4 is 57.4 Å². The lowest BCUT2D eigenvalue weighted by Crippen LogP contribution is -2.37. The van der Waals surface area contributed by atoms with Crippen LogP contribution in [0.4, 0.5) is 5.13 Å². The molecule has 2 aromatic rings. The van der Waals surface area contributed by atoms with E-state index in [4.69, 9.17) is 23.2 Å². The van der Waals surface area contributed by atoms with Crippen LogP contribution in [0.2, 0.25) is 10.0 Å². The second kappa shape index (κ2) is 5.88. The molecule has 23 heavy (non-hydrogen) atoms. The maximum atomic E-state index is 12.3. The predicted molar refractivity (Wildman–Crippen MR) is 85.1 cm³/mol. The fraction of sp³-hybridized carbons (Fsp3) is 0.154. The Balaban J connectivity index is 1.78. The van der Waals surface area contributed by atoms with E-state index in [9.17, 15) is 14.4 Å². The third-order valence-corrected chi connectivity index (χ3v) is 4.56. The van der Waals surface area contributed by atoms with Crippen LogP contribution in [0.25, 0.3) is 0 Å². The van der Waals surface area contributed by atoms with Crippen LogP contribution in [0, 0.1) is 6.92 Å². The summed E-state index contributed by atoms with van der Waals surface area (Å²) in [6, 6.07) is 2.65. The van der Waals surface area contributed by atoms with Crippen molar-refractivity contribution in [3.8, 4) is 0 Å². The molecule has 0 unspecified atom stereocenters. The number of nitrogens with one attached hydrogen (secondary N) is 1. The fourth-order valence-corrected chi connectivity index (χ4v) is 3.01. The van der Waals surface area contributed by atoms with E-state index in [2.05, 4.69) is 15.5 Å². The van der Waals surface area contributed by atoms with Crippen LogP contribution in [-0.2, 0) is 4.79 Å². The number of carbonyl (C=O) groups excluding carboxylic acids is 3. The van der Waals surface area contributed by atoms with Gasteiger partial charge in [-0.15, -0.1) is 10.2 Å². The number of nitrogens with zero attached hydrogens (tertiary/aromatic N) is 3. The summed E-state index contributed by atoms with van der Waals surface area (Å²) >= 11 is 12.9. The number of aromatic nitrogens is 2. The summed E-state index contributed by atoms with van der Waals surface area (Å²) < 4.78 is 0. The molecule has 2 heterocycles. The standard InChI is InChI=1S/C13H8Cl2N4O3S/c1-5-17-18-13(23-5)16-10(20)4-19-11(21)6-2-8(14)9(15)3-7(6)12(19)22/h2-3H,4H2,1H3,(H,16,18,20). The maximum Gasteiger partial charge on any atom is 0.262 e. The van der Waals surface area contributed by atoms with E-state index >= 15 is 0 Å². The highest BCUT2D eigenvalue weighted by Crippen LogP contribution is 2.31. The molecule has 1 N–H and O–H groups in total. The van der Waals surface area contributed by atoms with E-state index in [0.717, 1.165) is 4.90 Å². The number of carbonyl (C=O) groups is 3. The Morgan fingerprint density at radius 1 is 1.17 bits per heavy atom. The molecule has 0 fully saturated rings. The summed E-state index contributed by atoms with van der Waals surface area (Å²) in [5.41, 5.74) is 0.257. The summed E-state index contributed by atoms with van der Waals surface area (Å²) in [4.78, 5) is 37.3. The average Bonchev–Trinajstić information content (AvgIpc) is 2.98. The minimum atomic E-state index is -0.591. The van der Waals surface area contributed by atoms with Gasteiger partial charge in [-0.1, -0.05) is 34.5 Å². The number of fused-ring (bicyclic) bond motifs is 1. The molecule has 0 radical (unpaired) electrons. The van der Waals surface area contributed by atoms with Gasteiger partial charge in [0.1, 0.15) is 11.6 Å². The Hall–Kier alpha value is -2.03. The molecule has 0 saturated carbocycles. The molecule has 1 aliphatic heterocycles. The number of anilines is 1. The molecule has 0 spiro atoms. The average molecular weight is 371 g/mol. The van der Waals surface area contributed by atoms with Gasteiger partial charge in [-0.05, 0) is 19.1 Å². The molecule has 0 bridgehead atoms. The van der Waals surface area contributed by atoms with Crippen molar-refractivity contribution in [3.05, 3.63) is 38.3 Å². The summed E-state index contributed by atoms with van der Waals surface area (Å²) in [6.07, 6.45) is 0. The number of amides is 3. The van der Waals surface area contributed by atoms with Gasteiger partial charge in [-0.25, -0.2) is 0 Å². The Kier molecular flexibility index (Phi) is 4.05. The molecule has 3 rings (SSSR count). The van der Waals surface area contributed by atoms with Crippen molar-refractivity contribution in [3.63, 3.8) is 0 Å². The number of benzene rings is 1. The van der Waals surface area contributed by atoms with Crippen molar-refractivity contribution in [1.82, 2.24) is 15.1 Å². The molecule has 0 aliphatic carbocycles. The Morgan fingerprint density at radius 2 is 1.74 bits per heavy atom. The Labute approximate surface area is 144 Å². The highest BCUT2D eigenvalue weighted by atomic mass is 35.5. The first kappa shape index (κ1) is 15.9. The number of halogens is 2. The van der Waals surface area contributed by atoms with Crippen LogP contribution in [0.5, 0.6) is 0 Å². The first-order chi connectivity index (χ1) is 10.9. The number of hydrogen-bond donors (Lipinski definition) is 1. The zero-order chi connectivity index (χ0) is 16.7. The lowest BCUT2D eigenvalue weighted by atomic mass is 10.1. The second-order valence-electron chi connectivity index (χ2n) is 4.68. The fourth-order valence-electron chi connectivity index (χ4n) is 2.08. The minimum Gasteiger partial charge on any atom is -0.299 e. The SMILES string of the molecule is Cc1nnc(NC(=O)CN2C(=O)c3cc(Cl)c(Cl)cc3C2=O)s1. The monoisotopic (exact) mass is 370 g/mol. The smallest absolute Gasteiger partial charge is 0.262 e. The highest BCUT2D eigenvalue weighted by molar-refractivity contribution is 7.15. The van der Waals surface area contributed by atoms with Gasteiger partial charge in [-0.2, -0.15) is 0 Å². The number of rotatable bonds is 3. The lowest BCUT2D eigenvalue weighted by molar-refractivity contribution is -0.116. The largest absolute Gasteiger partial charge is 0.299 e. The molecule has 1 aromatic carbocycles. The van der Waals surface area contributed by atoms with Gasteiger partial charge in [0.15, 0.2) is 0 Å². The minimum absolute atomic E-state index is 0.129. The van der Waals surface area contributed by atoms with E-state index in [1.807, 2.05) is 0 Å². The maximum absolute atomic E-state index is 12.3. The van der Waals surface area contributed by atoms with E-state index in [0.29, 0.717) is 10.1 Å². The Bertz CT molecular complexity index is 811. The lowest BCUT2D eigenvalue weighted by Gasteiger charge is -2.12. The van der Waals surface area contributed by atoms with Gasteiger partial charge in [0.2, 0.25) is 11.0 Å². The van der Waals surface area contributed by atoms with E-state index < -0.39 is 24.3 Å². The van der Waals surface area contributed by atoms with Crippen molar-refractivity contribution in [2.45, 2.75) is 6.92 Å². The van der Waals surface area contributed by atoms with Gasteiger partial charge in [0.25, 0.3) is 11.8 Å². The zero-order valence-corrected chi connectivity index (χ0v) is 13.9. The summed E-state index contributed by atoms with van der Waals surface area (Å²) in [5.74, 6) is -1.73. The predicted octanol–water partition coefficient (Wildman–Crippen LogP) is 2.39. The van der Waals surface area contributed by atoms with E-state index in [1.165, 1.54) is 23.5 Å². The Morgan fingerprint density at radius 3 is 2.22 bits per heavy atom. The van der Waals surface area contributed by atoms with Gasteiger partial charge in [-0.3, -0.25) is 24.6 Å². The van der Waals surface area contributed by atoms with E-state index in [-0.39, 0.29) is 21.2 Å². The first-order valence-corrected chi connectivity index (χ1v) is 7.89. The van der Waals surface area contributed by atoms with Gasteiger partial charge in [0, 0.05) is 0 Å². The molecule has 10 heteroatoms. The summed E-state index contributed by atoms with van der Waals surface area (Å²) in [7, 11) is 0. The normalized spacial score (nSPS) is 13.4. The number of imide groups is 1. The van der Waals surface area contributed by atoms with Crippen molar-refractivity contribution in [2.75, 3.05) is 11.9 Å². The topological polar surface area (TPSA) is 92.3 Å². The van der Waals surface area contributed by atoms with E-state index in [1.54, 1.807) is 6.92 Å². The van der Waals surface area contributed by atoms with Crippen LogP contribution in [-0.4, -0.2) is 39.4 Å². The molecular weight excluding hydrogens is 363 g/mol. The molecule has 0 saturated heterocycles. The van der Waals surface area contributed by atoms with Crippen LogP contribution < -0.4 is 5.32 Å². The molecule has 1 aromatic heterocycles. The molecule has 1 aliphatic rings. The van der Waals surface area contributed by atoms with Gasteiger partial charge >= 0.3 is 0 Å². The highest BCUT2D eigenvalue weighted by Gasteiger charge is 2.37.